The first kappa shape index (κ1) is 20.1. The van der Waals surface area contributed by atoms with Crippen molar-refractivity contribution in [2.75, 3.05) is 20.6 Å². The molecule has 5 nitrogen and oxygen atoms in total. The normalized spacial score (nSPS) is 12.2. The van der Waals surface area contributed by atoms with Crippen LogP contribution in [0.1, 0.15) is 21.6 Å². The van der Waals surface area contributed by atoms with Crippen molar-refractivity contribution in [2.45, 2.75) is 19.4 Å². The van der Waals surface area contributed by atoms with Crippen molar-refractivity contribution < 1.29 is 4.79 Å². The molecule has 1 atom stereocenters. The Morgan fingerprint density at radius 2 is 1.71 bits per heavy atom. The Hall–Kier alpha value is -2.63. The van der Waals surface area contributed by atoms with Crippen LogP contribution in [0.3, 0.4) is 0 Å². The lowest BCUT2D eigenvalue weighted by molar-refractivity contribution is 0.0941. The number of para-hydroxylation sites is 1. The summed E-state index contributed by atoms with van der Waals surface area (Å²) in [6.07, 6.45) is 0.851. The van der Waals surface area contributed by atoms with Gasteiger partial charge >= 0.3 is 0 Å². The van der Waals surface area contributed by atoms with E-state index in [0.29, 0.717) is 23.0 Å². The van der Waals surface area contributed by atoms with Crippen LogP contribution in [0.2, 0.25) is 5.15 Å². The second kappa shape index (κ2) is 9.04. The second-order valence-electron chi connectivity index (χ2n) is 7.02. The number of aromatic nitrogens is 2. The van der Waals surface area contributed by atoms with Gasteiger partial charge in [-0.25, -0.2) is 4.68 Å². The minimum absolute atomic E-state index is 0.176. The molecule has 0 fully saturated rings. The fourth-order valence-electron chi connectivity index (χ4n) is 3.12. The molecule has 1 amide bonds. The molecule has 1 heterocycles. The summed E-state index contributed by atoms with van der Waals surface area (Å²) < 4.78 is 1.60. The largest absolute Gasteiger partial charge is 0.350 e. The maximum absolute atomic E-state index is 12.8. The molecule has 146 valence electrons. The van der Waals surface area contributed by atoms with Crippen molar-refractivity contribution in [2.24, 2.45) is 0 Å². The Bertz CT molecular complexity index is 922. The molecule has 2 aromatic carbocycles. The van der Waals surface area contributed by atoms with Crippen molar-refractivity contribution in [3.63, 3.8) is 0 Å². The molecular weight excluding hydrogens is 372 g/mol. The molecule has 0 saturated heterocycles. The van der Waals surface area contributed by atoms with Crippen LogP contribution in [0.5, 0.6) is 0 Å². The lowest BCUT2D eigenvalue weighted by Gasteiger charge is -2.24. The van der Waals surface area contributed by atoms with E-state index in [2.05, 4.69) is 27.4 Å². The van der Waals surface area contributed by atoms with Crippen LogP contribution in [-0.2, 0) is 6.42 Å². The summed E-state index contributed by atoms with van der Waals surface area (Å²) in [6.45, 7) is 2.32. The van der Waals surface area contributed by atoms with E-state index >= 15 is 0 Å². The van der Waals surface area contributed by atoms with E-state index in [0.717, 1.165) is 12.1 Å². The molecule has 3 rings (SSSR count). The summed E-state index contributed by atoms with van der Waals surface area (Å²) >= 11 is 6.50. The van der Waals surface area contributed by atoms with Gasteiger partial charge in [-0.3, -0.25) is 4.79 Å². The lowest BCUT2D eigenvalue weighted by Crippen LogP contribution is -2.41. The first-order chi connectivity index (χ1) is 13.5. The average Bonchev–Trinajstić information content (AvgIpc) is 3.00. The summed E-state index contributed by atoms with van der Waals surface area (Å²) in [5.74, 6) is -0.204. The van der Waals surface area contributed by atoms with Crippen LogP contribution < -0.4 is 5.32 Å². The number of hydrogen-bond acceptors (Lipinski definition) is 3. The van der Waals surface area contributed by atoms with Gasteiger partial charge in [0.1, 0.15) is 5.15 Å². The van der Waals surface area contributed by atoms with Crippen molar-refractivity contribution >= 4 is 17.5 Å². The van der Waals surface area contributed by atoms with Crippen LogP contribution in [0.25, 0.3) is 5.69 Å². The molecule has 0 saturated carbocycles. The number of carbonyl (C=O) groups excluding carboxylic acids is 1. The summed E-state index contributed by atoms with van der Waals surface area (Å²) in [5.41, 5.74) is 3.09. The molecule has 1 aromatic heterocycles. The number of aryl methyl sites for hydroxylation is 1. The topological polar surface area (TPSA) is 50.2 Å². The third-order valence-electron chi connectivity index (χ3n) is 4.77. The van der Waals surface area contributed by atoms with Gasteiger partial charge in [-0.05, 0) is 45.1 Å². The minimum atomic E-state index is -0.204. The van der Waals surface area contributed by atoms with E-state index in [1.54, 1.807) is 11.6 Å². The average molecular weight is 397 g/mol. The Balaban J connectivity index is 1.73. The zero-order chi connectivity index (χ0) is 20.1. The Morgan fingerprint density at radius 3 is 2.32 bits per heavy atom. The van der Waals surface area contributed by atoms with Crippen molar-refractivity contribution in [3.8, 4) is 5.69 Å². The fraction of sp³-hybridized carbons (Fsp3) is 0.273. The number of nitrogens with one attached hydrogen (secondary N) is 1. The van der Waals surface area contributed by atoms with Gasteiger partial charge in [0.25, 0.3) is 5.91 Å². The minimum Gasteiger partial charge on any atom is -0.350 e. The summed E-state index contributed by atoms with van der Waals surface area (Å²) in [5, 5.41) is 7.80. The van der Waals surface area contributed by atoms with Gasteiger partial charge in [0.2, 0.25) is 0 Å². The van der Waals surface area contributed by atoms with Crippen LogP contribution in [0, 0.1) is 6.92 Å². The Labute approximate surface area is 170 Å². The van der Waals surface area contributed by atoms with Gasteiger partial charge in [-0.1, -0.05) is 60.1 Å². The van der Waals surface area contributed by atoms with Crippen LogP contribution >= 0.6 is 11.6 Å². The highest BCUT2D eigenvalue weighted by Gasteiger charge is 2.22. The molecule has 0 spiro atoms. The van der Waals surface area contributed by atoms with Gasteiger partial charge in [-0.15, -0.1) is 0 Å². The monoisotopic (exact) mass is 396 g/mol. The molecular formula is C22H25ClN4O. The number of carbonyl (C=O) groups is 1. The predicted octanol–water partition coefficient (Wildman–Crippen LogP) is 3.74. The zero-order valence-corrected chi connectivity index (χ0v) is 17.1. The Morgan fingerprint density at radius 1 is 1.11 bits per heavy atom. The molecule has 1 N–H and O–H groups in total. The smallest absolute Gasteiger partial charge is 0.256 e. The van der Waals surface area contributed by atoms with E-state index in [9.17, 15) is 4.79 Å². The van der Waals surface area contributed by atoms with E-state index in [-0.39, 0.29) is 11.9 Å². The third-order valence-corrected chi connectivity index (χ3v) is 5.12. The first-order valence-corrected chi connectivity index (χ1v) is 9.64. The van der Waals surface area contributed by atoms with E-state index in [1.807, 2.05) is 62.6 Å². The summed E-state index contributed by atoms with van der Waals surface area (Å²) in [4.78, 5) is 15.0. The number of rotatable bonds is 7. The third kappa shape index (κ3) is 4.61. The highest BCUT2D eigenvalue weighted by Crippen LogP contribution is 2.23. The zero-order valence-electron chi connectivity index (χ0n) is 16.4. The maximum Gasteiger partial charge on any atom is 0.256 e. The van der Waals surface area contributed by atoms with Gasteiger partial charge in [0, 0.05) is 12.6 Å². The van der Waals surface area contributed by atoms with Crippen LogP contribution in [-0.4, -0.2) is 47.3 Å². The summed E-state index contributed by atoms with van der Waals surface area (Å²) in [6, 6.07) is 20.0. The van der Waals surface area contributed by atoms with Crippen molar-refractivity contribution in [1.29, 1.82) is 0 Å². The van der Waals surface area contributed by atoms with Gasteiger partial charge in [0.15, 0.2) is 0 Å². The number of nitrogens with zero attached hydrogens (tertiary/aromatic N) is 3. The number of benzene rings is 2. The van der Waals surface area contributed by atoms with E-state index in [4.69, 9.17) is 11.6 Å². The second-order valence-corrected chi connectivity index (χ2v) is 7.37. The molecule has 1 unspecified atom stereocenters. The van der Waals surface area contributed by atoms with Gasteiger partial charge in [0.05, 0.1) is 16.9 Å². The molecule has 0 radical (unpaired) electrons. The molecule has 0 aliphatic heterocycles. The molecule has 0 aliphatic carbocycles. The standard InChI is InChI=1S/C22H25ClN4O/c1-16-20(21(23)27(25-16)18-12-8-5-9-13-18)22(28)24-15-19(26(2)3)14-17-10-6-4-7-11-17/h4-13,19H,14-15H2,1-3H3,(H,24,28). The van der Waals surface area contributed by atoms with E-state index < -0.39 is 0 Å². The van der Waals surface area contributed by atoms with Crippen LogP contribution in [0.4, 0.5) is 0 Å². The maximum atomic E-state index is 12.8. The summed E-state index contributed by atoms with van der Waals surface area (Å²) in [7, 11) is 4.04. The SMILES string of the molecule is Cc1nn(-c2ccccc2)c(Cl)c1C(=O)NCC(Cc1ccccc1)N(C)C. The fourth-order valence-corrected chi connectivity index (χ4v) is 3.48. The molecule has 0 aliphatic rings. The highest BCUT2D eigenvalue weighted by molar-refractivity contribution is 6.33. The van der Waals surface area contributed by atoms with Crippen LogP contribution in [0.15, 0.2) is 60.7 Å². The number of hydrogen-bond donors (Lipinski definition) is 1. The lowest BCUT2D eigenvalue weighted by atomic mass is 10.1. The number of amides is 1. The highest BCUT2D eigenvalue weighted by atomic mass is 35.5. The first-order valence-electron chi connectivity index (χ1n) is 9.26. The molecule has 28 heavy (non-hydrogen) atoms. The molecule has 0 bridgehead atoms. The van der Waals surface area contributed by atoms with Gasteiger partial charge in [-0.2, -0.15) is 5.10 Å². The quantitative estimate of drug-likeness (QED) is 0.661. The van der Waals surface area contributed by atoms with Crippen molar-refractivity contribution in [3.05, 3.63) is 82.6 Å². The van der Waals surface area contributed by atoms with Gasteiger partial charge < -0.3 is 10.2 Å². The van der Waals surface area contributed by atoms with Crippen molar-refractivity contribution in [1.82, 2.24) is 20.0 Å². The van der Waals surface area contributed by atoms with E-state index in [1.165, 1.54) is 5.56 Å². The predicted molar refractivity (Wildman–Crippen MR) is 113 cm³/mol. The molecule has 3 aromatic rings. The number of halogens is 1. The molecule has 6 heteroatoms. The number of likely N-dealkylation sites (N-methyl/N-ethyl adjacent to an activating group) is 1. The Kier molecular flexibility index (Phi) is 6.49.